The fraction of sp³-hybridized carbons (Fsp3) is 0.0769. The zero-order valence-corrected chi connectivity index (χ0v) is 12.6. The third-order valence-electron chi connectivity index (χ3n) is 2.54. The van der Waals surface area contributed by atoms with Crippen molar-refractivity contribution in [2.75, 3.05) is 0 Å². The average molecular weight is 379 g/mol. The summed E-state index contributed by atoms with van der Waals surface area (Å²) in [5.74, 6) is -2.90. The summed E-state index contributed by atoms with van der Waals surface area (Å²) in [6, 6.07) is 5.70. The largest absolute Gasteiger partial charge is 0.444 e. The molecule has 8 heteroatoms. The Bertz CT molecular complexity index is 689. The van der Waals surface area contributed by atoms with Gasteiger partial charge in [-0.3, -0.25) is 10.1 Å². The molecule has 0 saturated heterocycles. The van der Waals surface area contributed by atoms with E-state index in [0.29, 0.717) is 5.56 Å². The lowest BCUT2D eigenvalue weighted by Crippen LogP contribution is -1.98. The van der Waals surface area contributed by atoms with E-state index >= 15 is 0 Å². The average Bonchev–Trinajstić information content (AvgIpc) is 2.43. The summed E-state index contributed by atoms with van der Waals surface area (Å²) in [5.41, 5.74) is -0.103. The van der Waals surface area contributed by atoms with Crippen LogP contribution in [0.25, 0.3) is 0 Å². The molecule has 0 N–H and O–H groups in total. The molecule has 21 heavy (non-hydrogen) atoms. The van der Waals surface area contributed by atoms with E-state index < -0.39 is 28.0 Å². The van der Waals surface area contributed by atoms with Crippen LogP contribution in [0.15, 0.2) is 30.3 Å². The predicted molar refractivity (Wildman–Crippen MR) is 77.2 cm³/mol. The summed E-state index contributed by atoms with van der Waals surface area (Å²) in [6.07, 6.45) is 0. The normalized spacial score (nSPS) is 10.5. The zero-order chi connectivity index (χ0) is 15.6. The number of benzene rings is 2. The third kappa shape index (κ3) is 3.48. The fourth-order valence-corrected chi connectivity index (χ4v) is 2.11. The number of rotatable bonds is 4. The minimum absolute atomic E-state index is 0.115. The maximum Gasteiger partial charge on any atom is 0.313 e. The molecular formula is C13H7BrClF2NO3. The summed E-state index contributed by atoms with van der Waals surface area (Å²) < 4.78 is 32.6. The number of alkyl halides is 1. The lowest BCUT2D eigenvalue weighted by Gasteiger charge is -2.09. The minimum Gasteiger partial charge on any atom is -0.444 e. The predicted octanol–water partition coefficient (Wildman–Crippen LogP) is 5.21. The summed E-state index contributed by atoms with van der Waals surface area (Å²) in [7, 11) is 0. The molecule has 0 aromatic heterocycles. The molecular weight excluding hydrogens is 372 g/mol. The third-order valence-corrected chi connectivity index (χ3v) is 3.42. The monoisotopic (exact) mass is 377 g/mol. The van der Waals surface area contributed by atoms with Gasteiger partial charge < -0.3 is 4.74 Å². The topological polar surface area (TPSA) is 52.4 Å². The summed E-state index contributed by atoms with van der Waals surface area (Å²) in [6.45, 7) is 0. The highest BCUT2D eigenvalue weighted by molar-refractivity contribution is 9.08. The van der Waals surface area contributed by atoms with Gasteiger partial charge in [0, 0.05) is 16.4 Å². The Labute approximate surface area is 131 Å². The van der Waals surface area contributed by atoms with E-state index in [1.165, 1.54) is 12.1 Å². The second kappa shape index (κ2) is 6.36. The highest BCUT2D eigenvalue weighted by atomic mass is 79.9. The number of nitrogens with zero attached hydrogens (tertiary/aromatic N) is 1. The van der Waals surface area contributed by atoms with Crippen LogP contribution in [-0.2, 0) is 5.33 Å². The van der Waals surface area contributed by atoms with Crippen molar-refractivity contribution >= 4 is 33.2 Å². The van der Waals surface area contributed by atoms with E-state index in [0.717, 1.165) is 18.2 Å². The maximum absolute atomic E-state index is 13.8. The van der Waals surface area contributed by atoms with Crippen LogP contribution >= 0.6 is 27.5 Å². The molecule has 2 aromatic carbocycles. The van der Waals surface area contributed by atoms with Gasteiger partial charge in [-0.25, -0.2) is 8.78 Å². The Hall–Kier alpha value is -1.73. The van der Waals surface area contributed by atoms with Crippen LogP contribution in [0.2, 0.25) is 5.02 Å². The van der Waals surface area contributed by atoms with Crippen LogP contribution in [0.3, 0.4) is 0 Å². The quantitative estimate of drug-likeness (QED) is 0.417. The van der Waals surface area contributed by atoms with Gasteiger partial charge in [-0.05, 0) is 29.8 Å². The first-order valence-corrected chi connectivity index (χ1v) is 7.08. The van der Waals surface area contributed by atoms with Crippen LogP contribution in [0.4, 0.5) is 14.5 Å². The van der Waals surface area contributed by atoms with Crippen LogP contribution in [0.5, 0.6) is 11.5 Å². The van der Waals surface area contributed by atoms with E-state index in [2.05, 4.69) is 15.9 Å². The van der Waals surface area contributed by atoms with Gasteiger partial charge in [0.15, 0.2) is 17.4 Å². The van der Waals surface area contributed by atoms with Crippen molar-refractivity contribution in [3.63, 3.8) is 0 Å². The van der Waals surface area contributed by atoms with E-state index in [1.54, 1.807) is 0 Å². The van der Waals surface area contributed by atoms with Gasteiger partial charge in [0.25, 0.3) is 0 Å². The van der Waals surface area contributed by atoms with Gasteiger partial charge in [0.1, 0.15) is 0 Å². The first-order valence-electron chi connectivity index (χ1n) is 5.58. The van der Waals surface area contributed by atoms with Crippen molar-refractivity contribution < 1.29 is 18.4 Å². The van der Waals surface area contributed by atoms with Crippen molar-refractivity contribution in [1.82, 2.24) is 0 Å². The number of hydrogen-bond acceptors (Lipinski definition) is 3. The van der Waals surface area contributed by atoms with Crippen molar-refractivity contribution in [3.8, 4) is 11.5 Å². The lowest BCUT2D eigenvalue weighted by atomic mass is 10.2. The number of ether oxygens (including phenoxy) is 1. The lowest BCUT2D eigenvalue weighted by molar-refractivity contribution is -0.385. The Kier molecular flexibility index (Phi) is 4.74. The van der Waals surface area contributed by atoms with Gasteiger partial charge in [-0.1, -0.05) is 27.5 Å². The number of nitro benzene ring substituents is 1. The molecule has 4 nitrogen and oxygen atoms in total. The molecule has 0 unspecified atom stereocenters. The van der Waals surface area contributed by atoms with Crippen LogP contribution in [0, 0.1) is 21.7 Å². The highest BCUT2D eigenvalue weighted by Crippen LogP contribution is 2.36. The molecule has 0 amide bonds. The molecule has 0 radical (unpaired) electrons. The van der Waals surface area contributed by atoms with Crippen LogP contribution < -0.4 is 4.74 Å². The van der Waals surface area contributed by atoms with Gasteiger partial charge in [-0.2, -0.15) is 0 Å². The molecule has 110 valence electrons. The standard InChI is InChI=1S/C13H7BrClF2NO3/c14-6-7-3-9(16)13(10(17)4-7)21-12-2-1-8(15)5-11(12)18(19)20/h1-5H,6H2. The van der Waals surface area contributed by atoms with Crippen LogP contribution in [-0.4, -0.2) is 4.92 Å². The molecule has 0 heterocycles. The molecule has 0 bridgehead atoms. The molecule has 2 aromatic rings. The summed E-state index contributed by atoms with van der Waals surface area (Å²) in [4.78, 5) is 10.2. The van der Waals surface area contributed by atoms with Crippen molar-refractivity contribution in [1.29, 1.82) is 0 Å². The first kappa shape index (κ1) is 15.7. The Balaban J connectivity index is 2.46. The molecule has 0 aliphatic heterocycles. The summed E-state index contributed by atoms with van der Waals surface area (Å²) >= 11 is 8.73. The smallest absolute Gasteiger partial charge is 0.313 e. The Morgan fingerprint density at radius 2 is 1.86 bits per heavy atom. The molecule has 0 saturated carbocycles. The van der Waals surface area contributed by atoms with Gasteiger partial charge in [0.2, 0.25) is 5.75 Å². The second-order valence-electron chi connectivity index (χ2n) is 3.99. The minimum atomic E-state index is -0.950. The molecule has 0 fully saturated rings. The fourth-order valence-electron chi connectivity index (χ4n) is 1.62. The molecule has 2 rings (SSSR count). The highest BCUT2D eigenvalue weighted by Gasteiger charge is 2.20. The van der Waals surface area contributed by atoms with Crippen molar-refractivity contribution in [2.24, 2.45) is 0 Å². The number of halogens is 4. The van der Waals surface area contributed by atoms with Crippen molar-refractivity contribution in [3.05, 3.63) is 62.7 Å². The maximum atomic E-state index is 13.8. The molecule has 0 spiro atoms. The van der Waals surface area contributed by atoms with E-state index in [-0.39, 0.29) is 16.1 Å². The van der Waals surface area contributed by atoms with Gasteiger partial charge in [0.05, 0.1) is 4.92 Å². The Morgan fingerprint density at radius 3 is 2.38 bits per heavy atom. The van der Waals surface area contributed by atoms with Gasteiger partial charge >= 0.3 is 5.69 Å². The molecule has 0 aliphatic rings. The Morgan fingerprint density at radius 1 is 1.24 bits per heavy atom. The van der Waals surface area contributed by atoms with Crippen molar-refractivity contribution in [2.45, 2.75) is 5.33 Å². The second-order valence-corrected chi connectivity index (χ2v) is 4.99. The molecule has 0 aliphatic carbocycles. The SMILES string of the molecule is O=[N+]([O-])c1cc(Cl)ccc1Oc1c(F)cc(CBr)cc1F. The first-order chi connectivity index (χ1) is 9.92. The van der Waals surface area contributed by atoms with E-state index in [9.17, 15) is 18.9 Å². The summed E-state index contributed by atoms with van der Waals surface area (Å²) in [5, 5.41) is 11.3. The molecule has 0 atom stereocenters. The van der Waals surface area contributed by atoms with E-state index in [1.807, 2.05) is 0 Å². The van der Waals surface area contributed by atoms with E-state index in [4.69, 9.17) is 16.3 Å². The number of hydrogen-bond donors (Lipinski definition) is 0. The zero-order valence-electron chi connectivity index (χ0n) is 10.3. The van der Waals surface area contributed by atoms with Crippen LogP contribution in [0.1, 0.15) is 5.56 Å². The van der Waals surface area contributed by atoms with Gasteiger partial charge in [-0.15, -0.1) is 0 Å². The number of nitro groups is 1.